The van der Waals surface area contributed by atoms with Crippen molar-refractivity contribution in [2.24, 2.45) is 50.2 Å². The number of fused-ring (bicyclic) bond motifs is 7. The zero-order valence-corrected chi connectivity index (χ0v) is 36.4. The van der Waals surface area contributed by atoms with E-state index in [9.17, 15) is 45.3 Å². The van der Waals surface area contributed by atoms with Crippen LogP contribution in [0.2, 0.25) is 0 Å². The molecule has 5 aliphatic carbocycles. The van der Waals surface area contributed by atoms with Crippen molar-refractivity contribution in [2.45, 2.75) is 174 Å². The van der Waals surface area contributed by atoms with Crippen molar-refractivity contribution in [3.8, 4) is 0 Å². The number of aliphatic hydroxyl groups excluding tert-OH is 7. The highest BCUT2D eigenvalue weighted by Crippen LogP contribution is 2.75. The molecular weight excluding hydrogens is 788 g/mol. The number of ether oxygens (including phenoxy) is 5. The molecule has 4 saturated carbocycles. The maximum absolute atomic E-state index is 14.9. The SMILES string of the molecule is COC(=O)[C@@]1(C)CC[C@]2(C)CC[C@]3(C)C(=CC(=O)C4[C@@]5(C)CCC(OC6OC(CO)C(O)C(O)C6OC6OC(CO)C(O)C(O)C6O)C(C)(C)C5CC[C@]43C)C2C1.O.O.O. The number of methoxy groups -OCH3 is 1. The van der Waals surface area contributed by atoms with E-state index in [1.165, 1.54) is 12.7 Å². The highest BCUT2D eigenvalue weighted by atomic mass is 16.8. The number of esters is 1. The van der Waals surface area contributed by atoms with Crippen molar-refractivity contribution in [1.29, 1.82) is 0 Å². The maximum atomic E-state index is 14.9. The Bertz CT molecular complexity index is 1590. The monoisotopic (exact) mass is 862 g/mol. The van der Waals surface area contributed by atoms with Crippen LogP contribution in [-0.2, 0) is 33.3 Å². The van der Waals surface area contributed by atoms with Crippen LogP contribution in [0.15, 0.2) is 11.6 Å². The number of allylic oxidation sites excluding steroid dienone is 2. The highest BCUT2D eigenvalue weighted by molar-refractivity contribution is 5.95. The van der Waals surface area contributed by atoms with Gasteiger partial charge in [-0.15, -0.1) is 0 Å². The summed E-state index contributed by atoms with van der Waals surface area (Å²) in [6.45, 7) is 14.3. The van der Waals surface area contributed by atoms with Gasteiger partial charge in [0, 0.05) is 5.92 Å². The van der Waals surface area contributed by atoms with Crippen LogP contribution in [-0.4, -0.2) is 152 Å². The molecule has 0 amide bonds. The number of hydrogen-bond acceptors (Lipinski definition) is 14. The first-order valence-corrected chi connectivity index (χ1v) is 21.1. The van der Waals surface area contributed by atoms with Gasteiger partial charge in [-0.2, -0.15) is 0 Å². The zero-order valence-electron chi connectivity index (χ0n) is 36.4. The Morgan fingerprint density at radius 2 is 1.32 bits per heavy atom. The average Bonchev–Trinajstić information content (AvgIpc) is 3.16. The molecule has 17 nitrogen and oxygen atoms in total. The number of ketones is 1. The third-order valence-electron chi connectivity index (χ3n) is 17.5. The Kier molecular flexibility index (Phi) is 14.7. The Balaban J connectivity index is 0.00000265. The van der Waals surface area contributed by atoms with Gasteiger partial charge < -0.3 is 75.9 Å². The quantitative estimate of drug-likeness (QED) is 0.127. The Morgan fingerprint density at radius 1 is 0.733 bits per heavy atom. The molecule has 0 spiro atoms. The van der Waals surface area contributed by atoms with Crippen LogP contribution in [0.1, 0.15) is 106 Å². The van der Waals surface area contributed by atoms with E-state index >= 15 is 0 Å². The predicted molar refractivity (Wildman–Crippen MR) is 214 cm³/mol. The fraction of sp³-hybridized carbons (Fsp3) is 0.907. The standard InChI is InChI=1S/C43H68O14.3H2O/c1-38(2)26-9-12-43(7)34(23(46)17-21-22-18-40(4,37(52)53-8)14-13-39(22,3)15-16-42(21,43)6)41(26,5)11-10-27(38)56-36-33(31(50)29(48)25(20-45)55-36)57-35-32(51)30(49)28(47)24(19-44)54-35;;;/h17,22,24-36,44-45,47-51H,9-16,18-20H2,1-8H3;3*1H2/t22?,24?,25?,26?,27?,28?,29?,30?,31?,32?,33?,34?,35?,36?,39-,40+,41+,42-,43-;;;/m1.../s1. The molecule has 0 bridgehead atoms. The first kappa shape index (κ1) is 51.0. The Hall–Kier alpha value is -1.68. The third kappa shape index (κ3) is 7.43. The first-order chi connectivity index (χ1) is 26.6. The maximum Gasteiger partial charge on any atom is 0.311 e. The van der Waals surface area contributed by atoms with E-state index in [0.717, 1.165) is 38.5 Å². The van der Waals surface area contributed by atoms with Gasteiger partial charge in [-0.1, -0.05) is 47.1 Å². The van der Waals surface area contributed by atoms with Crippen LogP contribution in [0.3, 0.4) is 0 Å². The molecule has 17 heteroatoms. The molecule has 0 radical (unpaired) electrons. The molecule has 60 heavy (non-hydrogen) atoms. The van der Waals surface area contributed by atoms with Gasteiger partial charge in [0.1, 0.15) is 48.8 Å². The summed E-state index contributed by atoms with van der Waals surface area (Å²) in [5.41, 5.74) is -0.876. The fourth-order valence-electron chi connectivity index (χ4n) is 13.6. The van der Waals surface area contributed by atoms with Gasteiger partial charge in [0.05, 0.1) is 31.8 Å². The van der Waals surface area contributed by atoms with E-state index in [1.54, 1.807) is 0 Å². The van der Waals surface area contributed by atoms with Crippen molar-refractivity contribution in [3.05, 3.63) is 11.6 Å². The lowest BCUT2D eigenvalue weighted by Crippen LogP contribution is -2.68. The van der Waals surface area contributed by atoms with E-state index in [-0.39, 0.29) is 62.2 Å². The third-order valence-corrected chi connectivity index (χ3v) is 17.5. The second-order valence-corrected chi connectivity index (χ2v) is 20.7. The van der Waals surface area contributed by atoms with Crippen LogP contribution in [0.4, 0.5) is 0 Å². The van der Waals surface area contributed by atoms with Crippen molar-refractivity contribution >= 4 is 11.8 Å². The summed E-state index contributed by atoms with van der Waals surface area (Å²) in [7, 11) is 1.46. The van der Waals surface area contributed by atoms with Crippen molar-refractivity contribution in [2.75, 3.05) is 20.3 Å². The van der Waals surface area contributed by atoms with Crippen LogP contribution >= 0.6 is 0 Å². The van der Waals surface area contributed by atoms with Crippen LogP contribution in [0.5, 0.6) is 0 Å². The predicted octanol–water partition coefficient (Wildman–Crippen LogP) is -0.325. The summed E-state index contributed by atoms with van der Waals surface area (Å²) in [6.07, 6.45) is -6.64. The number of rotatable bonds is 7. The zero-order chi connectivity index (χ0) is 41.8. The second kappa shape index (κ2) is 17.4. The van der Waals surface area contributed by atoms with Gasteiger partial charge >= 0.3 is 5.97 Å². The van der Waals surface area contributed by atoms with Gasteiger partial charge in [-0.25, -0.2) is 0 Å². The molecular formula is C43H74O17. The summed E-state index contributed by atoms with van der Waals surface area (Å²) in [6, 6.07) is 0. The molecule has 0 aromatic rings. The number of aliphatic hydroxyl groups is 7. The minimum Gasteiger partial charge on any atom is -0.469 e. The fourth-order valence-corrected chi connectivity index (χ4v) is 13.6. The molecule has 348 valence electrons. The van der Waals surface area contributed by atoms with E-state index in [0.29, 0.717) is 19.3 Å². The molecule has 7 rings (SSSR count). The lowest BCUT2D eigenvalue weighted by atomic mass is 9.33. The van der Waals surface area contributed by atoms with Crippen molar-refractivity contribution in [1.82, 2.24) is 0 Å². The molecule has 0 aromatic heterocycles. The molecule has 14 unspecified atom stereocenters. The smallest absolute Gasteiger partial charge is 0.311 e. The summed E-state index contributed by atoms with van der Waals surface area (Å²) in [5, 5.41) is 73.4. The molecule has 0 aromatic carbocycles. The van der Waals surface area contributed by atoms with E-state index in [1.807, 2.05) is 13.0 Å². The van der Waals surface area contributed by atoms with Gasteiger partial charge in [-0.3, -0.25) is 9.59 Å². The second-order valence-electron chi connectivity index (χ2n) is 20.7. The molecule has 19 atom stereocenters. The van der Waals surface area contributed by atoms with Crippen LogP contribution in [0, 0.1) is 50.2 Å². The molecule has 7 aliphatic rings. The van der Waals surface area contributed by atoms with Crippen molar-refractivity contribution < 1.29 is 85.4 Å². The topological polar surface area (TPSA) is 316 Å². The molecule has 2 aliphatic heterocycles. The molecule has 2 heterocycles. The molecule has 6 fully saturated rings. The summed E-state index contributed by atoms with van der Waals surface area (Å²) in [4.78, 5) is 28.0. The minimum absolute atomic E-state index is 0. The van der Waals surface area contributed by atoms with Gasteiger partial charge in [0.2, 0.25) is 0 Å². The highest BCUT2D eigenvalue weighted by Gasteiger charge is 2.71. The lowest BCUT2D eigenvalue weighted by Gasteiger charge is -2.70. The number of hydrogen-bond donors (Lipinski definition) is 7. The van der Waals surface area contributed by atoms with Crippen LogP contribution < -0.4 is 0 Å². The average molecular weight is 863 g/mol. The normalized spacial score (nSPS) is 50.7. The Morgan fingerprint density at radius 3 is 1.92 bits per heavy atom. The van der Waals surface area contributed by atoms with E-state index in [4.69, 9.17) is 23.7 Å². The number of carbonyl (C=O) groups excluding carboxylic acids is 2. The van der Waals surface area contributed by atoms with Gasteiger partial charge in [0.15, 0.2) is 18.4 Å². The molecule has 13 N–H and O–H groups in total. The summed E-state index contributed by atoms with van der Waals surface area (Å²) in [5.74, 6) is -0.129. The van der Waals surface area contributed by atoms with Gasteiger partial charge in [0.25, 0.3) is 0 Å². The summed E-state index contributed by atoms with van der Waals surface area (Å²) >= 11 is 0. The van der Waals surface area contributed by atoms with Crippen molar-refractivity contribution in [3.63, 3.8) is 0 Å². The van der Waals surface area contributed by atoms with Crippen LogP contribution in [0.25, 0.3) is 0 Å². The lowest BCUT2D eigenvalue weighted by molar-refractivity contribution is -0.378. The minimum atomic E-state index is -1.77. The van der Waals surface area contributed by atoms with E-state index < -0.39 is 97.0 Å². The van der Waals surface area contributed by atoms with Gasteiger partial charge in [-0.05, 0) is 110 Å². The van der Waals surface area contributed by atoms with E-state index in [2.05, 4.69) is 41.5 Å². The molecule has 2 saturated heterocycles. The number of carbonyl (C=O) groups is 2. The summed E-state index contributed by atoms with van der Waals surface area (Å²) < 4.78 is 29.6. The first-order valence-electron chi connectivity index (χ1n) is 21.1. The largest absolute Gasteiger partial charge is 0.469 e. The Labute approximate surface area is 352 Å².